The van der Waals surface area contributed by atoms with E-state index in [1.165, 1.54) is 18.3 Å². The van der Waals surface area contributed by atoms with Gasteiger partial charge in [0.05, 0.1) is 5.56 Å². The minimum Gasteiger partial charge on any atom is -0.338 e. The van der Waals surface area contributed by atoms with Gasteiger partial charge in [0.15, 0.2) is 0 Å². The number of nitrogens with one attached hydrogen (secondary N) is 1. The monoisotopic (exact) mass is 310 g/mol. The number of pyridine rings is 1. The lowest BCUT2D eigenvalue weighted by atomic mass is 10.1. The van der Waals surface area contributed by atoms with Crippen molar-refractivity contribution in [3.05, 3.63) is 84.0 Å². The van der Waals surface area contributed by atoms with Gasteiger partial charge in [-0.3, -0.25) is 9.78 Å². The number of hydrogen-bond acceptors (Lipinski definition) is 3. The van der Waals surface area contributed by atoms with Crippen molar-refractivity contribution in [1.82, 2.24) is 19.9 Å². The Balaban J connectivity index is 1.96. The summed E-state index contributed by atoms with van der Waals surface area (Å²) in [5, 5.41) is 2.89. The second-order valence-corrected chi connectivity index (χ2v) is 5.10. The first-order valence-electron chi connectivity index (χ1n) is 7.09. The van der Waals surface area contributed by atoms with Crippen LogP contribution >= 0.6 is 0 Å². The number of aryl methyl sites for hydroxylation is 1. The largest absolute Gasteiger partial charge is 0.338 e. The molecule has 0 saturated heterocycles. The van der Waals surface area contributed by atoms with Crippen LogP contribution in [0.2, 0.25) is 0 Å². The second kappa shape index (κ2) is 6.39. The third kappa shape index (κ3) is 3.26. The van der Waals surface area contributed by atoms with Crippen molar-refractivity contribution < 1.29 is 9.18 Å². The first-order chi connectivity index (χ1) is 11.1. The lowest BCUT2D eigenvalue weighted by Crippen LogP contribution is -2.31. The maximum Gasteiger partial charge on any atom is 0.253 e. The van der Waals surface area contributed by atoms with Gasteiger partial charge in [0.25, 0.3) is 5.91 Å². The van der Waals surface area contributed by atoms with Crippen molar-refractivity contribution >= 4 is 5.91 Å². The second-order valence-electron chi connectivity index (χ2n) is 5.10. The van der Waals surface area contributed by atoms with Gasteiger partial charge in [-0.15, -0.1) is 0 Å². The van der Waals surface area contributed by atoms with E-state index < -0.39 is 6.04 Å². The number of imidazole rings is 1. The Labute approximate surface area is 132 Å². The molecule has 3 aromatic rings. The molecule has 0 bridgehead atoms. The number of aromatic nitrogens is 3. The average molecular weight is 310 g/mol. The fourth-order valence-corrected chi connectivity index (χ4v) is 2.35. The zero-order valence-electron chi connectivity index (χ0n) is 12.5. The molecule has 0 aliphatic carbocycles. The molecule has 0 radical (unpaired) electrons. The van der Waals surface area contributed by atoms with Crippen LogP contribution in [-0.2, 0) is 7.05 Å². The Hall–Kier alpha value is -3.02. The highest BCUT2D eigenvalue weighted by Crippen LogP contribution is 2.21. The van der Waals surface area contributed by atoms with E-state index >= 15 is 0 Å². The summed E-state index contributed by atoms with van der Waals surface area (Å²) in [7, 11) is 1.82. The highest BCUT2D eigenvalue weighted by Gasteiger charge is 2.21. The Morgan fingerprint density at radius 1 is 1.26 bits per heavy atom. The Bertz CT molecular complexity index is 816. The summed E-state index contributed by atoms with van der Waals surface area (Å²) in [6.07, 6.45) is 6.49. The standard InChI is InChI=1S/C17H15FN4O/c1-22-9-8-20-16(22)15(12-4-2-6-14(18)10-12)21-17(23)13-5-3-7-19-11-13/h2-11,15H,1H3,(H,21,23)/t15-/m1/s1. The summed E-state index contributed by atoms with van der Waals surface area (Å²) in [6, 6.07) is 8.92. The van der Waals surface area contributed by atoms with E-state index in [1.54, 1.807) is 47.4 Å². The molecular weight excluding hydrogens is 295 g/mol. The zero-order valence-corrected chi connectivity index (χ0v) is 12.5. The van der Waals surface area contributed by atoms with Crippen molar-refractivity contribution in [1.29, 1.82) is 0 Å². The lowest BCUT2D eigenvalue weighted by molar-refractivity contribution is 0.0940. The van der Waals surface area contributed by atoms with Gasteiger partial charge in [-0.1, -0.05) is 12.1 Å². The van der Waals surface area contributed by atoms with Crippen molar-refractivity contribution in [3.63, 3.8) is 0 Å². The molecule has 23 heavy (non-hydrogen) atoms. The summed E-state index contributed by atoms with van der Waals surface area (Å²) >= 11 is 0. The molecule has 0 aliphatic heterocycles. The number of halogens is 1. The van der Waals surface area contributed by atoms with Crippen LogP contribution in [0.25, 0.3) is 0 Å². The van der Waals surface area contributed by atoms with Gasteiger partial charge in [0, 0.05) is 31.8 Å². The summed E-state index contributed by atoms with van der Waals surface area (Å²) in [5.41, 5.74) is 1.06. The van der Waals surface area contributed by atoms with Crippen LogP contribution in [0.4, 0.5) is 4.39 Å². The Morgan fingerprint density at radius 3 is 2.78 bits per heavy atom. The molecule has 0 aliphatic rings. The molecule has 1 aromatic carbocycles. The van der Waals surface area contributed by atoms with Crippen LogP contribution < -0.4 is 5.32 Å². The van der Waals surface area contributed by atoms with Crippen LogP contribution in [0, 0.1) is 5.82 Å². The molecular formula is C17H15FN4O. The van der Waals surface area contributed by atoms with Crippen LogP contribution in [-0.4, -0.2) is 20.4 Å². The molecule has 0 unspecified atom stereocenters. The summed E-state index contributed by atoms with van der Waals surface area (Å²) in [4.78, 5) is 20.7. The summed E-state index contributed by atoms with van der Waals surface area (Å²) in [5.74, 6) is -0.0412. The highest BCUT2D eigenvalue weighted by molar-refractivity contribution is 5.94. The Morgan fingerprint density at radius 2 is 2.13 bits per heavy atom. The molecule has 2 heterocycles. The minimum atomic E-state index is -0.557. The maximum absolute atomic E-state index is 13.6. The fourth-order valence-electron chi connectivity index (χ4n) is 2.35. The van der Waals surface area contributed by atoms with E-state index in [-0.39, 0.29) is 11.7 Å². The van der Waals surface area contributed by atoms with E-state index in [0.29, 0.717) is 17.0 Å². The topological polar surface area (TPSA) is 59.8 Å². The van der Waals surface area contributed by atoms with Crippen molar-refractivity contribution in [2.45, 2.75) is 6.04 Å². The molecule has 0 fully saturated rings. The first kappa shape index (κ1) is 14.9. The predicted molar refractivity (Wildman–Crippen MR) is 83.2 cm³/mol. The molecule has 6 heteroatoms. The molecule has 3 rings (SSSR count). The molecule has 1 atom stereocenters. The van der Waals surface area contributed by atoms with Crippen LogP contribution in [0.3, 0.4) is 0 Å². The number of benzene rings is 1. The van der Waals surface area contributed by atoms with Gasteiger partial charge >= 0.3 is 0 Å². The third-order valence-corrected chi connectivity index (χ3v) is 3.50. The predicted octanol–water partition coefficient (Wildman–Crippen LogP) is 2.47. The van der Waals surface area contributed by atoms with Gasteiger partial charge in [-0.2, -0.15) is 0 Å². The fraction of sp³-hybridized carbons (Fsp3) is 0.118. The number of rotatable bonds is 4. The summed E-state index contributed by atoms with van der Waals surface area (Å²) < 4.78 is 15.4. The van der Waals surface area contributed by atoms with E-state index in [9.17, 15) is 9.18 Å². The molecule has 2 aromatic heterocycles. The number of hydrogen-bond donors (Lipinski definition) is 1. The third-order valence-electron chi connectivity index (χ3n) is 3.50. The number of carbonyl (C=O) groups is 1. The van der Waals surface area contributed by atoms with Crippen molar-refractivity contribution in [2.24, 2.45) is 7.05 Å². The number of carbonyl (C=O) groups excluding carboxylic acids is 1. The molecule has 116 valence electrons. The molecule has 1 N–H and O–H groups in total. The van der Waals surface area contributed by atoms with Gasteiger partial charge in [0.1, 0.15) is 17.7 Å². The SMILES string of the molecule is Cn1ccnc1[C@H](NC(=O)c1cccnc1)c1cccc(F)c1. The lowest BCUT2D eigenvalue weighted by Gasteiger charge is -2.19. The van der Waals surface area contributed by atoms with Crippen LogP contribution in [0.15, 0.2) is 61.2 Å². The maximum atomic E-state index is 13.6. The van der Waals surface area contributed by atoms with Gasteiger partial charge in [-0.25, -0.2) is 9.37 Å². The van der Waals surface area contributed by atoms with Gasteiger partial charge in [0.2, 0.25) is 0 Å². The zero-order chi connectivity index (χ0) is 16.2. The highest BCUT2D eigenvalue weighted by atomic mass is 19.1. The molecule has 1 amide bonds. The minimum absolute atomic E-state index is 0.296. The number of amides is 1. The number of nitrogens with zero attached hydrogens (tertiary/aromatic N) is 3. The normalized spacial score (nSPS) is 11.9. The van der Waals surface area contributed by atoms with Crippen LogP contribution in [0.1, 0.15) is 27.8 Å². The van der Waals surface area contributed by atoms with Gasteiger partial charge in [-0.05, 0) is 29.8 Å². The van der Waals surface area contributed by atoms with Crippen molar-refractivity contribution in [2.75, 3.05) is 0 Å². The molecule has 5 nitrogen and oxygen atoms in total. The van der Waals surface area contributed by atoms with E-state index in [1.807, 2.05) is 7.05 Å². The summed E-state index contributed by atoms with van der Waals surface area (Å²) in [6.45, 7) is 0. The van der Waals surface area contributed by atoms with Gasteiger partial charge < -0.3 is 9.88 Å². The van der Waals surface area contributed by atoms with E-state index in [4.69, 9.17) is 0 Å². The van der Waals surface area contributed by atoms with E-state index in [0.717, 1.165) is 0 Å². The average Bonchev–Trinajstić information content (AvgIpc) is 2.99. The first-order valence-corrected chi connectivity index (χ1v) is 7.09. The van der Waals surface area contributed by atoms with Crippen LogP contribution in [0.5, 0.6) is 0 Å². The van der Waals surface area contributed by atoms with E-state index in [2.05, 4.69) is 15.3 Å². The molecule has 0 spiro atoms. The Kier molecular flexibility index (Phi) is 4.14. The quantitative estimate of drug-likeness (QED) is 0.805. The molecule has 0 saturated carbocycles. The van der Waals surface area contributed by atoms with Crippen molar-refractivity contribution in [3.8, 4) is 0 Å². The smallest absolute Gasteiger partial charge is 0.253 e.